The Morgan fingerprint density at radius 3 is 2.66 bits per heavy atom. The highest BCUT2D eigenvalue weighted by Crippen LogP contribution is 2.29. The molecule has 10 nitrogen and oxygen atoms in total. The maximum atomic E-state index is 13.2. The van der Waals surface area contributed by atoms with E-state index in [-0.39, 0.29) is 29.6 Å². The van der Waals surface area contributed by atoms with E-state index in [4.69, 9.17) is 4.74 Å². The van der Waals surface area contributed by atoms with E-state index in [1.807, 2.05) is 6.92 Å². The van der Waals surface area contributed by atoms with Crippen LogP contribution in [0.25, 0.3) is 11.4 Å². The first-order valence-electron chi connectivity index (χ1n) is 12.5. The van der Waals surface area contributed by atoms with E-state index in [0.717, 1.165) is 23.0 Å². The number of aromatic nitrogens is 3. The highest BCUT2D eigenvalue weighted by molar-refractivity contribution is 7.91. The van der Waals surface area contributed by atoms with E-state index in [1.165, 1.54) is 16.8 Å². The largest absolute Gasteiger partial charge is 0.484 e. The molecule has 1 aliphatic heterocycles. The average molecular weight is 592 g/mol. The van der Waals surface area contributed by atoms with Crippen molar-refractivity contribution >= 4 is 33.0 Å². The minimum absolute atomic E-state index is 0.00492. The Hall–Kier alpha value is -4.20. The van der Waals surface area contributed by atoms with Crippen LogP contribution in [0.2, 0.25) is 0 Å². The van der Waals surface area contributed by atoms with E-state index in [0.29, 0.717) is 24.4 Å². The lowest BCUT2D eigenvalue weighted by Gasteiger charge is -2.23. The van der Waals surface area contributed by atoms with Crippen LogP contribution in [0.15, 0.2) is 49.2 Å². The number of allylic oxidation sites excluding steroid dienone is 1. The molecule has 0 radical (unpaired) electrons. The summed E-state index contributed by atoms with van der Waals surface area (Å²) in [6.07, 6.45) is -0.789. The van der Waals surface area contributed by atoms with Crippen molar-refractivity contribution in [2.75, 3.05) is 23.9 Å². The van der Waals surface area contributed by atoms with Crippen molar-refractivity contribution in [3.05, 3.63) is 71.6 Å². The summed E-state index contributed by atoms with van der Waals surface area (Å²) in [6, 6.07) is 9.33. The van der Waals surface area contributed by atoms with Crippen molar-refractivity contribution in [2.24, 2.45) is 0 Å². The van der Waals surface area contributed by atoms with E-state index in [2.05, 4.69) is 27.3 Å². The van der Waals surface area contributed by atoms with Gasteiger partial charge in [-0.1, -0.05) is 18.7 Å². The van der Waals surface area contributed by atoms with Gasteiger partial charge < -0.3 is 15.4 Å². The third-order valence-corrected chi connectivity index (χ3v) is 6.94. The third kappa shape index (κ3) is 7.93. The first kappa shape index (κ1) is 29.8. The quantitative estimate of drug-likeness (QED) is 0.369. The number of hydrogen-bond acceptors (Lipinski definition) is 7. The molecule has 0 aliphatic carbocycles. The lowest BCUT2D eigenvalue weighted by atomic mass is 9.96. The molecule has 2 amide bonds. The van der Waals surface area contributed by atoms with Crippen molar-refractivity contribution in [1.82, 2.24) is 20.1 Å². The van der Waals surface area contributed by atoms with Crippen LogP contribution >= 0.6 is 0 Å². The number of nitrogens with zero attached hydrogens (tertiary/aromatic N) is 3. The summed E-state index contributed by atoms with van der Waals surface area (Å²) < 4.78 is 66.9. The van der Waals surface area contributed by atoms with Gasteiger partial charge in [-0.25, -0.2) is 13.4 Å². The number of rotatable bonds is 10. The van der Waals surface area contributed by atoms with Crippen LogP contribution < -0.4 is 15.4 Å². The number of anilines is 1. The number of pyridine rings is 1. The molecule has 0 saturated heterocycles. The molecule has 1 atom stereocenters. The molecular formula is C27H28F3N5O5S. The van der Waals surface area contributed by atoms with E-state index >= 15 is 0 Å². The van der Waals surface area contributed by atoms with Crippen LogP contribution in [-0.4, -0.2) is 65.8 Å². The maximum Gasteiger partial charge on any atom is 0.422 e. The van der Waals surface area contributed by atoms with E-state index in [1.54, 1.807) is 30.5 Å². The number of alkyl halides is 3. The molecule has 14 heteroatoms. The highest BCUT2D eigenvalue weighted by atomic mass is 32.2. The zero-order valence-corrected chi connectivity index (χ0v) is 23.1. The standard InChI is InChI=1S/C27H28F3N5O5S/c1-16(2)18-8-10-22(31-13-18)35-25(33-23(36)14-41(3,38)39)24-21(34-35)12-19(32-26(24)37)9-7-17-5-4-6-20(11-17)40-15-27(28,29)30/h4-6,8,10-11,13,19H,1,7,9,12,14-15H2,2-3H3,(H,32,37)(H,33,36)/t19-/m0/s1. The molecule has 218 valence electrons. The lowest BCUT2D eigenvalue weighted by Crippen LogP contribution is -2.41. The number of halogens is 3. The van der Waals surface area contributed by atoms with Gasteiger partial charge in [0.05, 0.1) is 5.69 Å². The molecule has 1 aromatic carbocycles. The van der Waals surface area contributed by atoms with Gasteiger partial charge in [0.2, 0.25) is 5.91 Å². The molecule has 0 saturated carbocycles. The summed E-state index contributed by atoms with van der Waals surface area (Å²) in [5.41, 5.74) is 2.76. The van der Waals surface area contributed by atoms with Gasteiger partial charge in [0.15, 0.2) is 28.1 Å². The molecule has 4 rings (SSSR count). The average Bonchev–Trinajstić information content (AvgIpc) is 3.23. The third-order valence-electron chi connectivity index (χ3n) is 6.15. The molecule has 0 unspecified atom stereocenters. The van der Waals surface area contributed by atoms with Crippen LogP contribution in [0.3, 0.4) is 0 Å². The van der Waals surface area contributed by atoms with Crippen molar-refractivity contribution in [3.63, 3.8) is 0 Å². The Kier molecular flexibility index (Phi) is 8.52. The molecule has 1 aliphatic rings. The molecular weight excluding hydrogens is 563 g/mol. The fourth-order valence-corrected chi connectivity index (χ4v) is 4.86. The van der Waals surface area contributed by atoms with Gasteiger partial charge in [0.25, 0.3) is 5.91 Å². The Morgan fingerprint density at radius 1 is 1.27 bits per heavy atom. The minimum atomic E-state index is -4.45. The van der Waals surface area contributed by atoms with Gasteiger partial charge in [-0.2, -0.15) is 23.0 Å². The maximum absolute atomic E-state index is 13.2. The molecule has 2 aromatic heterocycles. The zero-order chi connectivity index (χ0) is 29.9. The normalized spacial score (nSPS) is 15.1. The van der Waals surface area contributed by atoms with Crippen LogP contribution in [0.5, 0.6) is 5.75 Å². The first-order chi connectivity index (χ1) is 19.2. The van der Waals surface area contributed by atoms with Crippen molar-refractivity contribution in [1.29, 1.82) is 0 Å². The number of amides is 2. The van der Waals surface area contributed by atoms with Gasteiger partial charge in [-0.05, 0) is 60.7 Å². The molecule has 3 aromatic rings. The van der Waals surface area contributed by atoms with Gasteiger partial charge in [0.1, 0.15) is 17.1 Å². The Balaban J connectivity index is 1.57. The summed E-state index contributed by atoms with van der Waals surface area (Å²) in [7, 11) is -3.64. The lowest BCUT2D eigenvalue weighted by molar-refractivity contribution is -0.153. The number of nitrogens with one attached hydrogen (secondary N) is 2. The van der Waals surface area contributed by atoms with E-state index in [9.17, 15) is 31.2 Å². The minimum Gasteiger partial charge on any atom is -0.484 e. The van der Waals surface area contributed by atoms with Crippen LogP contribution in [0, 0.1) is 0 Å². The molecule has 0 bridgehead atoms. The number of aryl methyl sites for hydroxylation is 1. The summed E-state index contributed by atoms with van der Waals surface area (Å²) in [6.45, 7) is 4.29. The van der Waals surface area contributed by atoms with Crippen LogP contribution in [0.1, 0.15) is 40.5 Å². The second-order valence-corrected chi connectivity index (χ2v) is 12.0. The second kappa shape index (κ2) is 11.7. The van der Waals surface area contributed by atoms with Crippen molar-refractivity contribution in [2.45, 2.75) is 38.4 Å². The number of carbonyl (C=O) groups excluding carboxylic acids is 2. The van der Waals surface area contributed by atoms with Gasteiger partial charge in [-0.15, -0.1) is 0 Å². The summed E-state index contributed by atoms with van der Waals surface area (Å²) in [5.74, 6) is -1.76. The number of fused-ring (bicyclic) bond motifs is 1. The molecule has 0 fully saturated rings. The smallest absolute Gasteiger partial charge is 0.422 e. The highest BCUT2D eigenvalue weighted by Gasteiger charge is 2.33. The molecule has 0 spiro atoms. The summed E-state index contributed by atoms with van der Waals surface area (Å²) >= 11 is 0. The van der Waals surface area contributed by atoms with Crippen LogP contribution in [-0.2, 0) is 27.5 Å². The fourth-order valence-electron chi connectivity index (χ4n) is 4.31. The topological polar surface area (TPSA) is 132 Å². The monoisotopic (exact) mass is 591 g/mol. The zero-order valence-electron chi connectivity index (χ0n) is 22.3. The number of hydrogen-bond donors (Lipinski definition) is 2. The fraction of sp³-hybridized carbons (Fsp3) is 0.333. The predicted octanol–water partition coefficient (Wildman–Crippen LogP) is 3.51. The van der Waals surface area contributed by atoms with Gasteiger partial charge >= 0.3 is 6.18 Å². The number of sulfone groups is 1. The molecule has 2 N–H and O–H groups in total. The Bertz CT molecular complexity index is 1580. The summed E-state index contributed by atoms with van der Waals surface area (Å²) in [5, 5.41) is 9.93. The van der Waals surface area contributed by atoms with E-state index < -0.39 is 40.2 Å². The SMILES string of the molecule is C=C(C)c1ccc(-n2nc3c(c2NC(=O)CS(C)(=O)=O)C(=O)N[C@@H](CCc2cccc(OCC(F)(F)F)c2)C3)nc1. The Labute approximate surface area is 234 Å². The molecule has 41 heavy (non-hydrogen) atoms. The Morgan fingerprint density at radius 2 is 2.02 bits per heavy atom. The van der Waals surface area contributed by atoms with Crippen LogP contribution in [0.4, 0.5) is 19.0 Å². The van der Waals surface area contributed by atoms with Gasteiger partial charge in [-0.3, -0.25) is 9.59 Å². The summed E-state index contributed by atoms with van der Waals surface area (Å²) in [4.78, 5) is 30.1. The predicted molar refractivity (Wildman–Crippen MR) is 146 cm³/mol. The second-order valence-electron chi connectivity index (χ2n) is 9.85. The first-order valence-corrected chi connectivity index (χ1v) is 14.6. The molecule has 3 heterocycles. The van der Waals surface area contributed by atoms with Gasteiger partial charge in [0, 0.05) is 24.9 Å². The number of carbonyl (C=O) groups is 2. The van der Waals surface area contributed by atoms with Crippen molar-refractivity contribution in [3.8, 4) is 11.6 Å². The van der Waals surface area contributed by atoms with Crippen molar-refractivity contribution < 1.29 is 35.9 Å². The number of benzene rings is 1. The number of ether oxygens (including phenoxy) is 1.